The first-order valence-electron chi connectivity index (χ1n) is 13.2. The Kier molecular flexibility index (Phi) is 10.1. The molecule has 1 nitrogen and oxygen atoms in total. The maximum Gasteiger partial charge on any atom is 0.200 e. The molecule has 0 radical (unpaired) electrons. The Labute approximate surface area is 189 Å². The number of hydrogen-bond donors (Lipinski definition) is 0. The summed E-state index contributed by atoms with van der Waals surface area (Å²) in [6.45, 7) is 4.67. The first kappa shape index (κ1) is 24.5. The van der Waals surface area contributed by atoms with E-state index in [2.05, 4.69) is 6.92 Å². The van der Waals surface area contributed by atoms with Crippen LogP contribution in [0.25, 0.3) is 0 Å². The molecule has 0 aliphatic heterocycles. The van der Waals surface area contributed by atoms with Crippen molar-refractivity contribution in [3.63, 3.8) is 0 Å². The summed E-state index contributed by atoms with van der Waals surface area (Å²) in [4.78, 5) is 0. The van der Waals surface area contributed by atoms with Crippen LogP contribution < -0.4 is 4.74 Å². The van der Waals surface area contributed by atoms with Gasteiger partial charge in [0.05, 0.1) is 6.61 Å². The van der Waals surface area contributed by atoms with Crippen LogP contribution in [-0.4, -0.2) is 6.61 Å². The summed E-state index contributed by atoms with van der Waals surface area (Å²) in [5, 5.41) is 0. The van der Waals surface area contributed by atoms with Gasteiger partial charge in [-0.3, -0.25) is 0 Å². The standard InChI is InChI=1S/C28H44F2O/c1-3-5-6-7-21-8-10-22(11-9-21)12-13-23-14-16-24(17-15-23)25-18-19-26(31-20-4-2)28(30)27(25)29/h18-19,21-24H,3-17,20H2,1-2H3/t21?,22?,23-,24-. The molecule has 0 N–H and O–H groups in total. The minimum Gasteiger partial charge on any atom is -0.490 e. The molecule has 2 saturated carbocycles. The Morgan fingerprint density at radius 3 is 1.87 bits per heavy atom. The van der Waals surface area contributed by atoms with Crippen molar-refractivity contribution >= 4 is 0 Å². The summed E-state index contributed by atoms with van der Waals surface area (Å²) in [6, 6.07) is 3.38. The molecule has 0 bridgehead atoms. The second kappa shape index (κ2) is 12.8. The van der Waals surface area contributed by atoms with Gasteiger partial charge in [-0.25, -0.2) is 4.39 Å². The van der Waals surface area contributed by atoms with Gasteiger partial charge in [-0.1, -0.05) is 84.1 Å². The summed E-state index contributed by atoms with van der Waals surface area (Å²) in [5.74, 6) is 1.42. The Bertz CT molecular complexity index is 643. The predicted octanol–water partition coefficient (Wildman–Crippen LogP) is 9.19. The van der Waals surface area contributed by atoms with E-state index < -0.39 is 11.6 Å². The van der Waals surface area contributed by atoms with Crippen molar-refractivity contribution < 1.29 is 13.5 Å². The van der Waals surface area contributed by atoms with E-state index in [1.165, 1.54) is 64.2 Å². The quantitative estimate of drug-likeness (QED) is 0.315. The van der Waals surface area contributed by atoms with Crippen LogP contribution >= 0.6 is 0 Å². The minimum atomic E-state index is -0.807. The van der Waals surface area contributed by atoms with Gasteiger partial charge in [0.1, 0.15) is 0 Å². The van der Waals surface area contributed by atoms with Gasteiger partial charge in [0.25, 0.3) is 0 Å². The Morgan fingerprint density at radius 1 is 0.710 bits per heavy atom. The predicted molar refractivity (Wildman–Crippen MR) is 126 cm³/mol. The molecule has 1 aromatic carbocycles. The van der Waals surface area contributed by atoms with E-state index in [4.69, 9.17) is 4.74 Å². The molecule has 0 amide bonds. The molecule has 0 unspecified atom stereocenters. The van der Waals surface area contributed by atoms with Crippen LogP contribution in [0.3, 0.4) is 0 Å². The molecule has 0 saturated heterocycles. The molecule has 1 aromatic rings. The van der Waals surface area contributed by atoms with E-state index >= 15 is 0 Å². The van der Waals surface area contributed by atoms with Gasteiger partial charge in [-0.15, -0.1) is 0 Å². The number of benzene rings is 1. The highest BCUT2D eigenvalue weighted by Crippen LogP contribution is 2.41. The molecular formula is C28H44F2O. The molecule has 2 aliphatic rings. The molecule has 0 spiro atoms. The van der Waals surface area contributed by atoms with E-state index in [1.54, 1.807) is 12.1 Å². The van der Waals surface area contributed by atoms with Crippen LogP contribution in [0.1, 0.15) is 122 Å². The van der Waals surface area contributed by atoms with E-state index in [0.29, 0.717) is 12.2 Å². The normalized spacial score (nSPS) is 26.7. The zero-order valence-electron chi connectivity index (χ0n) is 19.9. The SMILES string of the molecule is CCCCCC1CCC(CC[C@H]2CC[C@H](c3ccc(OCCC)c(F)c3F)CC2)CC1. The fourth-order valence-electron chi connectivity index (χ4n) is 5.91. The lowest BCUT2D eigenvalue weighted by atomic mass is 9.74. The molecular weight excluding hydrogens is 390 g/mol. The molecule has 176 valence electrons. The van der Waals surface area contributed by atoms with Gasteiger partial charge in [0.15, 0.2) is 11.6 Å². The fourth-order valence-corrected chi connectivity index (χ4v) is 5.91. The van der Waals surface area contributed by atoms with Crippen LogP contribution in [0, 0.1) is 29.4 Å². The van der Waals surface area contributed by atoms with E-state index in [-0.39, 0.29) is 11.7 Å². The van der Waals surface area contributed by atoms with Gasteiger partial charge in [0, 0.05) is 0 Å². The highest BCUT2D eigenvalue weighted by atomic mass is 19.2. The number of halogens is 2. The molecule has 2 fully saturated rings. The molecule has 0 heterocycles. The Hall–Kier alpha value is -1.12. The highest BCUT2D eigenvalue weighted by Gasteiger charge is 2.28. The van der Waals surface area contributed by atoms with Gasteiger partial charge in [0.2, 0.25) is 5.82 Å². The summed E-state index contributed by atoms with van der Waals surface area (Å²) < 4.78 is 34.3. The highest BCUT2D eigenvalue weighted by molar-refractivity contribution is 5.33. The third-order valence-corrected chi connectivity index (χ3v) is 7.99. The smallest absolute Gasteiger partial charge is 0.200 e. The van der Waals surface area contributed by atoms with Crippen LogP contribution in [0.5, 0.6) is 5.75 Å². The average molecular weight is 435 g/mol. The van der Waals surface area contributed by atoms with Crippen molar-refractivity contribution in [2.24, 2.45) is 17.8 Å². The van der Waals surface area contributed by atoms with E-state index in [1.807, 2.05) is 6.92 Å². The summed E-state index contributed by atoms with van der Waals surface area (Å²) in [6.07, 6.45) is 19.2. The Morgan fingerprint density at radius 2 is 1.29 bits per heavy atom. The second-order valence-corrected chi connectivity index (χ2v) is 10.3. The fraction of sp³-hybridized carbons (Fsp3) is 0.786. The first-order chi connectivity index (χ1) is 15.1. The summed E-state index contributed by atoms with van der Waals surface area (Å²) >= 11 is 0. The monoisotopic (exact) mass is 434 g/mol. The van der Waals surface area contributed by atoms with Gasteiger partial charge >= 0.3 is 0 Å². The second-order valence-electron chi connectivity index (χ2n) is 10.3. The summed E-state index contributed by atoms with van der Waals surface area (Å²) in [7, 11) is 0. The topological polar surface area (TPSA) is 9.23 Å². The van der Waals surface area contributed by atoms with Crippen molar-refractivity contribution in [1.29, 1.82) is 0 Å². The van der Waals surface area contributed by atoms with Crippen molar-refractivity contribution in [2.75, 3.05) is 6.61 Å². The summed E-state index contributed by atoms with van der Waals surface area (Å²) in [5.41, 5.74) is 0.557. The van der Waals surface area contributed by atoms with Gasteiger partial charge < -0.3 is 4.74 Å². The molecule has 0 aromatic heterocycles. The molecule has 2 aliphatic carbocycles. The lowest BCUT2D eigenvalue weighted by molar-refractivity contribution is 0.221. The molecule has 3 rings (SSSR count). The van der Waals surface area contributed by atoms with E-state index in [0.717, 1.165) is 49.9 Å². The first-order valence-corrected chi connectivity index (χ1v) is 13.2. The molecule has 31 heavy (non-hydrogen) atoms. The third kappa shape index (κ3) is 7.19. The Balaban J connectivity index is 1.38. The lowest BCUT2D eigenvalue weighted by Crippen LogP contribution is -2.18. The maximum absolute atomic E-state index is 14.6. The average Bonchev–Trinajstić information content (AvgIpc) is 2.80. The van der Waals surface area contributed by atoms with Crippen LogP contribution in [-0.2, 0) is 0 Å². The third-order valence-electron chi connectivity index (χ3n) is 7.99. The van der Waals surface area contributed by atoms with Crippen LogP contribution in [0.4, 0.5) is 8.78 Å². The zero-order valence-corrected chi connectivity index (χ0v) is 19.9. The lowest BCUT2D eigenvalue weighted by Gasteiger charge is -2.32. The van der Waals surface area contributed by atoms with Crippen LogP contribution in [0.15, 0.2) is 12.1 Å². The minimum absolute atomic E-state index is 0.0527. The van der Waals surface area contributed by atoms with Gasteiger partial charge in [-0.05, 0) is 67.4 Å². The zero-order chi connectivity index (χ0) is 22.1. The molecule has 0 atom stereocenters. The van der Waals surface area contributed by atoms with Crippen molar-refractivity contribution in [3.8, 4) is 5.75 Å². The number of rotatable bonds is 11. The van der Waals surface area contributed by atoms with Crippen molar-refractivity contribution in [2.45, 2.75) is 116 Å². The maximum atomic E-state index is 14.6. The largest absolute Gasteiger partial charge is 0.490 e. The van der Waals surface area contributed by atoms with Crippen LogP contribution in [0.2, 0.25) is 0 Å². The molecule has 3 heteroatoms. The van der Waals surface area contributed by atoms with E-state index in [9.17, 15) is 8.78 Å². The van der Waals surface area contributed by atoms with Crippen molar-refractivity contribution in [3.05, 3.63) is 29.3 Å². The van der Waals surface area contributed by atoms with Gasteiger partial charge in [-0.2, -0.15) is 4.39 Å². The van der Waals surface area contributed by atoms with Crippen molar-refractivity contribution in [1.82, 2.24) is 0 Å². The number of hydrogen-bond acceptors (Lipinski definition) is 1. The number of unbranched alkanes of at least 4 members (excludes halogenated alkanes) is 2. The number of ether oxygens (including phenoxy) is 1.